The number of nitriles is 1. The van der Waals surface area contributed by atoms with Crippen LogP contribution < -0.4 is 16.4 Å². The van der Waals surface area contributed by atoms with Crippen LogP contribution in [0.2, 0.25) is 0 Å². The molecular formula is C24H30IN7. The van der Waals surface area contributed by atoms with E-state index in [9.17, 15) is 5.26 Å². The fourth-order valence-corrected chi connectivity index (χ4v) is 3.30. The molecule has 3 rings (SSSR count). The normalized spacial score (nSPS) is 10.8. The van der Waals surface area contributed by atoms with E-state index in [-0.39, 0.29) is 24.0 Å². The van der Waals surface area contributed by atoms with Crippen LogP contribution in [0.3, 0.4) is 0 Å². The number of rotatable bonds is 8. The standard InChI is InChI=1S/C24H29N7.HI/c1-3-27-24(29-17-19-11-8-7-10-18(19)2)28-15-9-14-22-21(16-25)23(26)31(30-22)20-12-5-4-6-13-20;/h4-8,10-13H,3,9,14-15,17,26H2,1-2H3,(H2,27,28,29);1H. The Morgan fingerprint density at radius 1 is 1.12 bits per heavy atom. The minimum absolute atomic E-state index is 0. The average molecular weight is 543 g/mol. The molecule has 0 fully saturated rings. The molecule has 2 aromatic carbocycles. The maximum atomic E-state index is 9.55. The fraction of sp³-hybridized carbons (Fsp3) is 0.292. The van der Waals surface area contributed by atoms with E-state index in [1.54, 1.807) is 4.68 Å². The Hall–Kier alpha value is -3.06. The summed E-state index contributed by atoms with van der Waals surface area (Å²) in [6.07, 6.45) is 1.45. The fourth-order valence-electron chi connectivity index (χ4n) is 3.30. The molecule has 0 aliphatic heterocycles. The topological polar surface area (TPSA) is 104 Å². The van der Waals surface area contributed by atoms with Gasteiger partial charge in [0.15, 0.2) is 5.96 Å². The Morgan fingerprint density at radius 3 is 2.53 bits per heavy atom. The summed E-state index contributed by atoms with van der Waals surface area (Å²) in [5, 5.41) is 20.8. The summed E-state index contributed by atoms with van der Waals surface area (Å²) in [6.45, 7) is 6.26. The van der Waals surface area contributed by atoms with Gasteiger partial charge in [0.05, 0.1) is 17.9 Å². The molecule has 1 heterocycles. The van der Waals surface area contributed by atoms with Crippen LogP contribution in [-0.2, 0) is 13.0 Å². The van der Waals surface area contributed by atoms with E-state index in [0.717, 1.165) is 24.6 Å². The third kappa shape index (κ3) is 6.47. The van der Waals surface area contributed by atoms with Crippen LogP contribution in [0.15, 0.2) is 59.6 Å². The lowest BCUT2D eigenvalue weighted by atomic mass is 10.1. The first kappa shape index (κ1) is 25.2. The van der Waals surface area contributed by atoms with E-state index in [2.05, 4.69) is 45.9 Å². The van der Waals surface area contributed by atoms with Crippen molar-refractivity contribution < 1.29 is 0 Å². The number of hydrogen-bond acceptors (Lipinski definition) is 4. The number of nitrogens with one attached hydrogen (secondary N) is 2. The van der Waals surface area contributed by atoms with E-state index in [1.807, 2.05) is 49.4 Å². The zero-order valence-electron chi connectivity index (χ0n) is 18.5. The van der Waals surface area contributed by atoms with Gasteiger partial charge in [0.25, 0.3) is 0 Å². The Labute approximate surface area is 206 Å². The van der Waals surface area contributed by atoms with Gasteiger partial charge in [-0.15, -0.1) is 24.0 Å². The third-order valence-electron chi connectivity index (χ3n) is 5.00. The molecule has 32 heavy (non-hydrogen) atoms. The lowest BCUT2D eigenvalue weighted by Gasteiger charge is -2.11. The Morgan fingerprint density at radius 2 is 1.84 bits per heavy atom. The van der Waals surface area contributed by atoms with Crippen LogP contribution in [0, 0.1) is 18.3 Å². The zero-order chi connectivity index (χ0) is 22.1. The van der Waals surface area contributed by atoms with Crippen LogP contribution in [0.25, 0.3) is 5.69 Å². The van der Waals surface area contributed by atoms with Crippen molar-refractivity contribution in [2.45, 2.75) is 33.2 Å². The molecule has 0 unspecified atom stereocenters. The minimum atomic E-state index is 0. The summed E-state index contributed by atoms with van der Waals surface area (Å²) >= 11 is 0. The minimum Gasteiger partial charge on any atom is -0.382 e. The number of anilines is 1. The second-order valence-electron chi connectivity index (χ2n) is 7.22. The first-order valence-corrected chi connectivity index (χ1v) is 10.5. The number of aliphatic imine (C=N–C) groups is 1. The van der Waals surface area contributed by atoms with Crippen molar-refractivity contribution in [1.82, 2.24) is 20.4 Å². The van der Waals surface area contributed by atoms with Crippen molar-refractivity contribution in [3.8, 4) is 11.8 Å². The number of para-hydroxylation sites is 1. The van der Waals surface area contributed by atoms with Gasteiger partial charge >= 0.3 is 0 Å². The van der Waals surface area contributed by atoms with E-state index in [1.165, 1.54) is 11.1 Å². The summed E-state index contributed by atoms with van der Waals surface area (Å²) in [5.74, 6) is 1.16. The number of nitrogen functional groups attached to an aromatic ring is 1. The molecule has 0 saturated carbocycles. The molecule has 8 heteroatoms. The first-order chi connectivity index (χ1) is 15.1. The van der Waals surface area contributed by atoms with Gasteiger partial charge in [-0.2, -0.15) is 10.4 Å². The van der Waals surface area contributed by atoms with Crippen LogP contribution in [-0.4, -0.2) is 28.8 Å². The van der Waals surface area contributed by atoms with E-state index < -0.39 is 0 Å². The smallest absolute Gasteiger partial charge is 0.191 e. The number of nitrogens with zero attached hydrogens (tertiary/aromatic N) is 4. The number of halogens is 1. The molecule has 0 spiro atoms. The maximum absolute atomic E-state index is 9.55. The van der Waals surface area contributed by atoms with Crippen LogP contribution in [0.1, 0.15) is 35.7 Å². The quantitative estimate of drug-likeness (QED) is 0.173. The molecule has 7 nitrogen and oxygen atoms in total. The van der Waals surface area contributed by atoms with Crippen molar-refractivity contribution >= 4 is 35.8 Å². The first-order valence-electron chi connectivity index (χ1n) is 10.5. The molecule has 0 amide bonds. The Bertz CT molecular complexity index is 1070. The lowest BCUT2D eigenvalue weighted by Crippen LogP contribution is -2.37. The summed E-state index contributed by atoms with van der Waals surface area (Å²) < 4.78 is 1.63. The molecule has 0 saturated heterocycles. The molecule has 1 aromatic heterocycles. The number of aryl methyl sites for hydroxylation is 2. The zero-order valence-corrected chi connectivity index (χ0v) is 20.8. The van der Waals surface area contributed by atoms with Gasteiger partial charge in [0, 0.05) is 13.1 Å². The molecule has 0 aliphatic carbocycles. The number of aromatic nitrogens is 2. The van der Waals surface area contributed by atoms with Crippen LogP contribution in [0.5, 0.6) is 0 Å². The molecule has 0 atom stereocenters. The molecule has 0 aliphatic rings. The predicted octanol–water partition coefficient (Wildman–Crippen LogP) is 3.94. The van der Waals surface area contributed by atoms with Crippen molar-refractivity contribution in [3.05, 3.63) is 77.0 Å². The van der Waals surface area contributed by atoms with Gasteiger partial charge in [-0.1, -0.05) is 42.5 Å². The van der Waals surface area contributed by atoms with Gasteiger partial charge in [-0.25, -0.2) is 9.67 Å². The molecule has 4 N–H and O–H groups in total. The molecule has 0 radical (unpaired) electrons. The van der Waals surface area contributed by atoms with E-state index in [0.29, 0.717) is 36.6 Å². The lowest BCUT2D eigenvalue weighted by molar-refractivity contribution is 0.723. The summed E-state index contributed by atoms with van der Waals surface area (Å²) in [7, 11) is 0. The highest BCUT2D eigenvalue weighted by Gasteiger charge is 2.16. The van der Waals surface area contributed by atoms with Gasteiger partial charge in [0.2, 0.25) is 0 Å². The van der Waals surface area contributed by atoms with Crippen LogP contribution in [0.4, 0.5) is 5.82 Å². The third-order valence-corrected chi connectivity index (χ3v) is 5.00. The second kappa shape index (κ2) is 12.7. The predicted molar refractivity (Wildman–Crippen MR) is 140 cm³/mol. The highest BCUT2D eigenvalue weighted by atomic mass is 127. The Kier molecular flexibility index (Phi) is 10.0. The number of nitrogens with two attached hydrogens (primary N) is 1. The SMILES string of the molecule is CCNC(=NCc1ccccc1C)NCCCc1nn(-c2ccccc2)c(N)c1C#N.I. The van der Waals surface area contributed by atoms with Gasteiger partial charge in [-0.05, 0) is 49.9 Å². The summed E-state index contributed by atoms with van der Waals surface area (Å²) in [6, 6.07) is 20.1. The number of benzene rings is 2. The number of guanidine groups is 1. The van der Waals surface area contributed by atoms with Crippen molar-refractivity contribution in [2.75, 3.05) is 18.8 Å². The molecule has 168 valence electrons. The van der Waals surface area contributed by atoms with Gasteiger partial charge in [0.1, 0.15) is 17.5 Å². The van der Waals surface area contributed by atoms with E-state index in [4.69, 9.17) is 5.73 Å². The van der Waals surface area contributed by atoms with E-state index >= 15 is 0 Å². The monoisotopic (exact) mass is 543 g/mol. The largest absolute Gasteiger partial charge is 0.382 e. The van der Waals surface area contributed by atoms with Crippen molar-refractivity contribution in [2.24, 2.45) is 4.99 Å². The average Bonchev–Trinajstić information content (AvgIpc) is 3.11. The summed E-state index contributed by atoms with van der Waals surface area (Å²) in [5.41, 5.74) is 10.6. The summed E-state index contributed by atoms with van der Waals surface area (Å²) in [4.78, 5) is 4.68. The van der Waals surface area contributed by atoms with Crippen molar-refractivity contribution in [3.63, 3.8) is 0 Å². The van der Waals surface area contributed by atoms with Gasteiger partial charge in [-0.3, -0.25) is 0 Å². The highest BCUT2D eigenvalue weighted by molar-refractivity contribution is 14.0. The molecule has 3 aromatic rings. The molecular weight excluding hydrogens is 513 g/mol. The maximum Gasteiger partial charge on any atom is 0.191 e. The second-order valence-corrected chi connectivity index (χ2v) is 7.22. The Balaban J connectivity index is 0.00000363. The highest BCUT2D eigenvalue weighted by Crippen LogP contribution is 2.21. The molecule has 0 bridgehead atoms. The van der Waals surface area contributed by atoms with Crippen molar-refractivity contribution in [1.29, 1.82) is 5.26 Å². The number of hydrogen-bond donors (Lipinski definition) is 3. The van der Waals surface area contributed by atoms with Crippen LogP contribution >= 0.6 is 24.0 Å². The van der Waals surface area contributed by atoms with Gasteiger partial charge < -0.3 is 16.4 Å².